The summed E-state index contributed by atoms with van der Waals surface area (Å²) in [5, 5.41) is 3.05. The fourth-order valence-electron chi connectivity index (χ4n) is 3.40. The molecular formula is C21H26N2O3S. The summed E-state index contributed by atoms with van der Waals surface area (Å²) < 4.78 is 26.8. The molecule has 1 saturated carbocycles. The van der Waals surface area contributed by atoms with E-state index in [1.165, 1.54) is 22.9 Å². The Hall–Kier alpha value is -2.18. The number of benzene rings is 2. The van der Waals surface area contributed by atoms with Gasteiger partial charge < -0.3 is 5.32 Å². The third-order valence-corrected chi connectivity index (χ3v) is 6.83. The van der Waals surface area contributed by atoms with Crippen LogP contribution in [0.4, 0.5) is 0 Å². The Morgan fingerprint density at radius 3 is 2.26 bits per heavy atom. The summed E-state index contributed by atoms with van der Waals surface area (Å²) in [5.41, 5.74) is 1.41. The predicted molar refractivity (Wildman–Crippen MR) is 106 cm³/mol. The molecule has 1 amide bonds. The molecule has 0 aliphatic heterocycles. The van der Waals surface area contributed by atoms with Crippen LogP contribution in [0.5, 0.6) is 0 Å². The van der Waals surface area contributed by atoms with Crippen LogP contribution < -0.4 is 5.32 Å². The fraction of sp³-hybridized carbons (Fsp3) is 0.381. The van der Waals surface area contributed by atoms with Crippen LogP contribution in [0.1, 0.15) is 48.0 Å². The SMILES string of the molecule is CN(Cc1ccccc1)S(=O)(=O)c1ccc(C(=O)NC2CCCCC2)cc1. The minimum absolute atomic E-state index is 0.136. The maximum Gasteiger partial charge on any atom is 0.251 e. The zero-order valence-electron chi connectivity index (χ0n) is 15.6. The number of hydrogen-bond acceptors (Lipinski definition) is 3. The highest BCUT2D eigenvalue weighted by molar-refractivity contribution is 7.89. The van der Waals surface area contributed by atoms with Crippen molar-refractivity contribution in [2.75, 3.05) is 7.05 Å². The standard InChI is InChI=1S/C21H26N2O3S/c1-23(16-17-8-4-2-5-9-17)27(25,26)20-14-12-18(13-15-20)21(24)22-19-10-6-3-7-11-19/h2,4-5,8-9,12-15,19H,3,6-7,10-11,16H2,1H3,(H,22,24). The summed E-state index contributed by atoms with van der Waals surface area (Å²) in [6, 6.07) is 15.9. The summed E-state index contributed by atoms with van der Waals surface area (Å²) >= 11 is 0. The lowest BCUT2D eigenvalue weighted by molar-refractivity contribution is 0.0927. The third kappa shape index (κ3) is 4.96. The molecular weight excluding hydrogens is 360 g/mol. The maximum atomic E-state index is 12.8. The van der Waals surface area contributed by atoms with Gasteiger partial charge in [0.15, 0.2) is 0 Å². The second-order valence-electron chi connectivity index (χ2n) is 7.08. The predicted octanol–water partition coefficient (Wildman–Crippen LogP) is 3.57. The van der Waals surface area contributed by atoms with Crippen molar-refractivity contribution >= 4 is 15.9 Å². The smallest absolute Gasteiger partial charge is 0.251 e. The molecule has 27 heavy (non-hydrogen) atoms. The number of carbonyl (C=O) groups is 1. The number of hydrogen-bond donors (Lipinski definition) is 1. The van der Waals surface area contributed by atoms with E-state index in [9.17, 15) is 13.2 Å². The molecule has 144 valence electrons. The molecule has 1 N–H and O–H groups in total. The van der Waals surface area contributed by atoms with Crippen molar-refractivity contribution in [3.63, 3.8) is 0 Å². The Bertz CT molecular complexity index is 858. The molecule has 0 radical (unpaired) electrons. The lowest BCUT2D eigenvalue weighted by atomic mass is 9.95. The number of nitrogens with zero attached hydrogens (tertiary/aromatic N) is 1. The van der Waals surface area contributed by atoms with Crippen LogP contribution >= 0.6 is 0 Å². The molecule has 1 aliphatic carbocycles. The van der Waals surface area contributed by atoms with Crippen molar-refractivity contribution < 1.29 is 13.2 Å². The van der Waals surface area contributed by atoms with Crippen molar-refractivity contribution in [3.8, 4) is 0 Å². The van der Waals surface area contributed by atoms with Gasteiger partial charge in [0.25, 0.3) is 5.91 Å². The summed E-state index contributed by atoms with van der Waals surface area (Å²) in [5.74, 6) is -0.136. The topological polar surface area (TPSA) is 66.5 Å². The first kappa shape index (κ1) is 19.6. The molecule has 2 aromatic carbocycles. The summed E-state index contributed by atoms with van der Waals surface area (Å²) in [7, 11) is -2.04. The molecule has 2 aromatic rings. The van der Waals surface area contributed by atoms with E-state index in [-0.39, 0.29) is 16.8 Å². The van der Waals surface area contributed by atoms with E-state index in [4.69, 9.17) is 0 Å². The molecule has 3 rings (SSSR count). The molecule has 1 fully saturated rings. The van der Waals surface area contributed by atoms with Crippen LogP contribution in [0.25, 0.3) is 0 Å². The number of nitrogens with one attached hydrogen (secondary N) is 1. The van der Waals surface area contributed by atoms with Gasteiger partial charge in [-0.3, -0.25) is 4.79 Å². The molecule has 0 atom stereocenters. The highest BCUT2D eigenvalue weighted by Gasteiger charge is 2.22. The van der Waals surface area contributed by atoms with Gasteiger partial charge in [0.1, 0.15) is 0 Å². The van der Waals surface area contributed by atoms with Crippen LogP contribution in [-0.2, 0) is 16.6 Å². The van der Waals surface area contributed by atoms with Crippen molar-refractivity contribution in [3.05, 3.63) is 65.7 Å². The summed E-state index contributed by atoms with van der Waals surface area (Å²) in [6.07, 6.45) is 5.56. The van der Waals surface area contributed by atoms with Gasteiger partial charge in [-0.15, -0.1) is 0 Å². The van der Waals surface area contributed by atoms with Gasteiger partial charge in [-0.1, -0.05) is 49.6 Å². The minimum atomic E-state index is -3.61. The van der Waals surface area contributed by atoms with Gasteiger partial charge in [0.2, 0.25) is 10.0 Å². The zero-order chi connectivity index (χ0) is 19.3. The first-order valence-corrected chi connectivity index (χ1v) is 10.8. The second-order valence-corrected chi connectivity index (χ2v) is 9.12. The van der Waals surface area contributed by atoms with Crippen molar-refractivity contribution in [2.45, 2.75) is 49.6 Å². The van der Waals surface area contributed by atoms with Crippen molar-refractivity contribution in [2.24, 2.45) is 0 Å². The largest absolute Gasteiger partial charge is 0.349 e. The first-order valence-electron chi connectivity index (χ1n) is 9.38. The normalized spacial score (nSPS) is 15.6. The van der Waals surface area contributed by atoms with E-state index in [2.05, 4.69) is 5.32 Å². The fourth-order valence-corrected chi connectivity index (χ4v) is 4.56. The quantitative estimate of drug-likeness (QED) is 0.825. The van der Waals surface area contributed by atoms with Gasteiger partial charge in [-0.05, 0) is 42.7 Å². The van der Waals surface area contributed by atoms with E-state index in [0.717, 1.165) is 31.2 Å². The number of carbonyl (C=O) groups excluding carboxylic acids is 1. The minimum Gasteiger partial charge on any atom is -0.349 e. The lowest BCUT2D eigenvalue weighted by Crippen LogP contribution is -2.36. The molecule has 0 aromatic heterocycles. The van der Waals surface area contributed by atoms with Gasteiger partial charge in [0, 0.05) is 25.2 Å². The van der Waals surface area contributed by atoms with Crippen LogP contribution in [0.2, 0.25) is 0 Å². The van der Waals surface area contributed by atoms with Crippen LogP contribution in [0.3, 0.4) is 0 Å². The average molecular weight is 387 g/mol. The molecule has 0 spiro atoms. The Labute approximate surface area is 161 Å². The maximum absolute atomic E-state index is 12.8. The van der Waals surface area contributed by atoms with E-state index >= 15 is 0 Å². The van der Waals surface area contributed by atoms with Gasteiger partial charge in [0.05, 0.1) is 4.90 Å². The third-order valence-electron chi connectivity index (χ3n) is 5.01. The summed E-state index contributed by atoms with van der Waals surface area (Å²) in [6.45, 7) is 0.299. The first-order chi connectivity index (χ1) is 13.0. The van der Waals surface area contributed by atoms with E-state index in [1.807, 2.05) is 30.3 Å². The monoisotopic (exact) mass is 386 g/mol. The highest BCUT2D eigenvalue weighted by atomic mass is 32.2. The molecule has 1 aliphatic rings. The molecule has 0 heterocycles. The molecule has 0 unspecified atom stereocenters. The van der Waals surface area contributed by atoms with Crippen LogP contribution in [0.15, 0.2) is 59.5 Å². The van der Waals surface area contributed by atoms with Crippen molar-refractivity contribution in [1.29, 1.82) is 0 Å². The Balaban J connectivity index is 1.67. The summed E-state index contributed by atoms with van der Waals surface area (Å²) in [4.78, 5) is 12.6. The molecule has 5 nitrogen and oxygen atoms in total. The average Bonchev–Trinajstić information content (AvgIpc) is 2.69. The lowest BCUT2D eigenvalue weighted by Gasteiger charge is -2.22. The number of sulfonamides is 1. The van der Waals surface area contributed by atoms with Crippen LogP contribution in [-0.4, -0.2) is 31.7 Å². The van der Waals surface area contributed by atoms with E-state index in [1.54, 1.807) is 19.2 Å². The Morgan fingerprint density at radius 1 is 1.00 bits per heavy atom. The van der Waals surface area contributed by atoms with E-state index < -0.39 is 10.0 Å². The number of amides is 1. The van der Waals surface area contributed by atoms with E-state index in [0.29, 0.717) is 12.1 Å². The number of rotatable bonds is 6. The van der Waals surface area contributed by atoms with Crippen LogP contribution in [0, 0.1) is 0 Å². The highest BCUT2D eigenvalue weighted by Crippen LogP contribution is 2.20. The molecule has 6 heteroatoms. The second kappa shape index (κ2) is 8.67. The van der Waals surface area contributed by atoms with Gasteiger partial charge >= 0.3 is 0 Å². The van der Waals surface area contributed by atoms with Gasteiger partial charge in [-0.25, -0.2) is 8.42 Å². The van der Waals surface area contributed by atoms with Gasteiger partial charge in [-0.2, -0.15) is 4.31 Å². The zero-order valence-corrected chi connectivity index (χ0v) is 16.4. The molecule has 0 bridgehead atoms. The molecule has 0 saturated heterocycles. The Kier molecular flexibility index (Phi) is 6.29. The Morgan fingerprint density at radius 2 is 1.63 bits per heavy atom. The van der Waals surface area contributed by atoms with Crippen molar-refractivity contribution in [1.82, 2.24) is 9.62 Å².